The van der Waals surface area contributed by atoms with E-state index in [2.05, 4.69) is 63.5 Å². The Labute approximate surface area is 175 Å². The summed E-state index contributed by atoms with van der Waals surface area (Å²) in [6.07, 6.45) is 0. The number of benzene rings is 1. The summed E-state index contributed by atoms with van der Waals surface area (Å²) >= 11 is 0. The molecule has 0 aliphatic carbocycles. The van der Waals surface area contributed by atoms with E-state index >= 15 is 0 Å². The molecule has 2 aliphatic rings. The van der Waals surface area contributed by atoms with Gasteiger partial charge in [-0.05, 0) is 25.0 Å². The SMILES string of the molecule is CN=C(NCc1ccccc1CN1CCOCC1)NCC(C)N1CCOCC1C. The highest BCUT2D eigenvalue weighted by molar-refractivity contribution is 5.79. The topological polar surface area (TPSA) is 61.4 Å². The van der Waals surface area contributed by atoms with Crippen LogP contribution in [0.1, 0.15) is 25.0 Å². The van der Waals surface area contributed by atoms with Gasteiger partial charge < -0.3 is 20.1 Å². The molecule has 29 heavy (non-hydrogen) atoms. The van der Waals surface area contributed by atoms with Crippen molar-refractivity contribution in [2.45, 2.75) is 39.0 Å². The van der Waals surface area contributed by atoms with Crippen molar-refractivity contribution in [2.24, 2.45) is 4.99 Å². The largest absolute Gasteiger partial charge is 0.379 e. The minimum absolute atomic E-state index is 0.432. The second kappa shape index (κ2) is 11.5. The van der Waals surface area contributed by atoms with E-state index < -0.39 is 0 Å². The summed E-state index contributed by atoms with van der Waals surface area (Å²) in [5.74, 6) is 0.846. The van der Waals surface area contributed by atoms with Gasteiger partial charge in [-0.15, -0.1) is 0 Å². The lowest BCUT2D eigenvalue weighted by molar-refractivity contribution is -0.0174. The average molecular weight is 404 g/mol. The normalized spacial score (nSPS) is 23.0. The zero-order valence-electron chi connectivity index (χ0n) is 18.2. The monoisotopic (exact) mass is 403 g/mol. The zero-order chi connectivity index (χ0) is 20.5. The van der Waals surface area contributed by atoms with E-state index in [0.29, 0.717) is 12.1 Å². The molecule has 7 nitrogen and oxygen atoms in total. The standard InChI is InChI=1S/C22H37N5O2/c1-18(27-10-13-29-17-19(27)2)14-24-22(23-3)25-15-20-6-4-5-7-21(20)16-26-8-11-28-12-9-26/h4-7,18-19H,8-17H2,1-3H3,(H2,23,24,25). The molecule has 2 saturated heterocycles. The molecule has 0 aromatic heterocycles. The van der Waals surface area contributed by atoms with Crippen molar-refractivity contribution in [1.82, 2.24) is 20.4 Å². The lowest BCUT2D eigenvalue weighted by atomic mass is 10.1. The van der Waals surface area contributed by atoms with Crippen LogP contribution in [0.3, 0.4) is 0 Å². The zero-order valence-corrected chi connectivity index (χ0v) is 18.2. The first-order valence-electron chi connectivity index (χ1n) is 10.8. The van der Waals surface area contributed by atoms with Gasteiger partial charge in [0.15, 0.2) is 5.96 Å². The first-order valence-corrected chi connectivity index (χ1v) is 10.8. The quantitative estimate of drug-likeness (QED) is 0.529. The first-order chi connectivity index (χ1) is 14.2. The Bertz CT molecular complexity index is 648. The van der Waals surface area contributed by atoms with Gasteiger partial charge in [-0.3, -0.25) is 14.8 Å². The summed E-state index contributed by atoms with van der Waals surface area (Å²) in [5, 5.41) is 6.97. The third-order valence-corrected chi connectivity index (χ3v) is 5.84. The predicted molar refractivity (Wildman–Crippen MR) is 117 cm³/mol. The maximum Gasteiger partial charge on any atom is 0.191 e. The third-order valence-electron chi connectivity index (χ3n) is 5.84. The van der Waals surface area contributed by atoms with Crippen molar-refractivity contribution in [3.8, 4) is 0 Å². The van der Waals surface area contributed by atoms with Crippen LogP contribution in [0.25, 0.3) is 0 Å². The number of ether oxygens (including phenoxy) is 2. The minimum Gasteiger partial charge on any atom is -0.379 e. The molecule has 0 spiro atoms. The van der Waals surface area contributed by atoms with Crippen LogP contribution in [0.2, 0.25) is 0 Å². The highest BCUT2D eigenvalue weighted by Crippen LogP contribution is 2.13. The van der Waals surface area contributed by atoms with Gasteiger partial charge in [-0.1, -0.05) is 24.3 Å². The molecular weight excluding hydrogens is 366 g/mol. The predicted octanol–water partition coefficient (Wildman–Crippen LogP) is 1.29. The van der Waals surface area contributed by atoms with E-state index in [4.69, 9.17) is 9.47 Å². The van der Waals surface area contributed by atoms with Crippen LogP contribution < -0.4 is 10.6 Å². The first kappa shape index (κ1) is 22.0. The van der Waals surface area contributed by atoms with Gasteiger partial charge in [0.05, 0.1) is 26.4 Å². The lowest BCUT2D eigenvalue weighted by Gasteiger charge is -2.38. The number of hydrogen-bond acceptors (Lipinski definition) is 5. The number of nitrogens with one attached hydrogen (secondary N) is 2. The Morgan fingerprint density at radius 3 is 2.55 bits per heavy atom. The fraction of sp³-hybridized carbons (Fsp3) is 0.682. The van der Waals surface area contributed by atoms with E-state index in [1.807, 2.05) is 7.05 Å². The molecular formula is C22H37N5O2. The van der Waals surface area contributed by atoms with Crippen molar-refractivity contribution in [2.75, 3.05) is 59.7 Å². The molecule has 1 aromatic carbocycles. The summed E-state index contributed by atoms with van der Waals surface area (Å²) in [7, 11) is 1.83. The van der Waals surface area contributed by atoms with E-state index in [0.717, 1.165) is 71.7 Å². The number of hydrogen-bond donors (Lipinski definition) is 2. The van der Waals surface area contributed by atoms with Crippen molar-refractivity contribution in [3.05, 3.63) is 35.4 Å². The van der Waals surface area contributed by atoms with Crippen molar-refractivity contribution in [3.63, 3.8) is 0 Å². The molecule has 3 rings (SSSR count). The fourth-order valence-corrected chi connectivity index (χ4v) is 4.04. The van der Waals surface area contributed by atoms with Crippen LogP contribution in [0.5, 0.6) is 0 Å². The molecule has 7 heteroatoms. The molecule has 2 atom stereocenters. The summed E-state index contributed by atoms with van der Waals surface area (Å²) < 4.78 is 11.0. The van der Waals surface area contributed by atoms with Gasteiger partial charge in [0.2, 0.25) is 0 Å². The van der Waals surface area contributed by atoms with E-state index in [9.17, 15) is 0 Å². The third kappa shape index (κ3) is 6.67. The summed E-state index contributed by atoms with van der Waals surface area (Å²) in [6, 6.07) is 9.55. The molecule has 2 heterocycles. The van der Waals surface area contributed by atoms with Gasteiger partial charge in [-0.25, -0.2) is 0 Å². The van der Waals surface area contributed by atoms with E-state index in [-0.39, 0.29) is 0 Å². The molecule has 162 valence electrons. The Kier molecular flexibility index (Phi) is 8.73. The maximum atomic E-state index is 5.55. The van der Waals surface area contributed by atoms with Gasteiger partial charge in [0, 0.05) is 58.4 Å². The molecule has 0 saturated carbocycles. The highest BCUT2D eigenvalue weighted by atomic mass is 16.5. The van der Waals surface area contributed by atoms with Crippen molar-refractivity contribution >= 4 is 5.96 Å². The van der Waals surface area contributed by atoms with Gasteiger partial charge >= 0.3 is 0 Å². The van der Waals surface area contributed by atoms with Crippen LogP contribution in [0, 0.1) is 0 Å². The summed E-state index contributed by atoms with van der Waals surface area (Å²) in [4.78, 5) is 9.37. The number of guanidine groups is 1. The maximum absolute atomic E-state index is 5.55. The number of rotatable bonds is 7. The van der Waals surface area contributed by atoms with Gasteiger partial charge in [-0.2, -0.15) is 0 Å². The highest BCUT2D eigenvalue weighted by Gasteiger charge is 2.23. The smallest absolute Gasteiger partial charge is 0.191 e. The van der Waals surface area contributed by atoms with Crippen LogP contribution >= 0.6 is 0 Å². The molecule has 2 N–H and O–H groups in total. The average Bonchev–Trinajstić information content (AvgIpc) is 2.76. The molecule has 0 radical (unpaired) electrons. The Morgan fingerprint density at radius 2 is 1.83 bits per heavy atom. The molecule has 2 unspecified atom stereocenters. The molecule has 2 fully saturated rings. The van der Waals surface area contributed by atoms with E-state index in [1.54, 1.807) is 0 Å². The Hall–Kier alpha value is -1.67. The van der Waals surface area contributed by atoms with E-state index in [1.165, 1.54) is 11.1 Å². The fourth-order valence-electron chi connectivity index (χ4n) is 4.04. The number of aliphatic imine (C=N–C) groups is 1. The minimum atomic E-state index is 0.432. The molecule has 1 aromatic rings. The second-order valence-electron chi connectivity index (χ2n) is 7.97. The molecule has 0 bridgehead atoms. The van der Waals surface area contributed by atoms with Crippen LogP contribution in [0.4, 0.5) is 0 Å². The number of morpholine rings is 2. The van der Waals surface area contributed by atoms with Crippen LogP contribution in [-0.4, -0.2) is 87.5 Å². The second-order valence-corrected chi connectivity index (χ2v) is 7.97. The Morgan fingerprint density at radius 1 is 1.10 bits per heavy atom. The van der Waals surface area contributed by atoms with Gasteiger partial charge in [0.25, 0.3) is 0 Å². The summed E-state index contributed by atoms with van der Waals surface area (Å²) in [5.41, 5.74) is 2.68. The summed E-state index contributed by atoms with van der Waals surface area (Å²) in [6.45, 7) is 13.4. The van der Waals surface area contributed by atoms with Gasteiger partial charge in [0.1, 0.15) is 0 Å². The van der Waals surface area contributed by atoms with Crippen molar-refractivity contribution < 1.29 is 9.47 Å². The van der Waals surface area contributed by atoms with Crippen LogP contribution in [0.15, 0.2) is 29.3 Å². The van der Waals surface area contributed by atoms with Crippen LogP contribution in [-0.2, 0) is 22.6 Å². The molecule has 0 amide bonds. The Balaban J connectivity index is 1.49. The number of nitrogens with zero attached hydrogens (tertiary/aromatic N) is 3. The lowest BCUT2D eigenvalue weighted by Crippen LogP contribution is -2.53. The van der Waals surface area contributed by atoms with Crippen molar-refractivity contribution in [1.29, 1.82) is 0 Å². The molecule has 2 aliphatic heterocycles.